The molecule has 9 nitrogen and oxygen atoms in total. The maximum atomic E-state index is 13.7. The van der Waals surface area contributed by atoms with E-state index in [2.05, 4.69) is 20.1 Å². The van der Waals surface area contributed by atoms with Crippen LogP contribution in [-0.4, -0.2) is 94.2 Å². The standard InChI is InChI=1S/C36H54O9S/c1-23-17-27(14-15-31-24(2)18-26(42-31)11-10-16-37)43-32(25(23)3)20-33-30(22-46(38,39)29-12-8-7-9-13-29)35(40-6)34(44-33)19-28-21-41-36(4,5)45-28/h7-9,12-13,23,26-28,30-35,37H,2-3,10-11,14-22H2,1,4-6H3/t23-,26+,27?,28+,30?,31?,32?,33+,34-,35-/m1/s1. The fourth-order valence-electron chi connectivity index (χ4n) is 7.70. The monoisotopic (exact) mass is 662 g/mol. The van der Waals surface area contributed by atoms with Crippen molar-refractivity contribution < 1.29 is 41.9 Å². The second-order valence-electron chi connectivity index (χ2n) is 14.1. The third-order valence-corrected chi connectivity index (χ3v) is 12.0. The quantitative estimate of drug-likeness (QED) is 0.262. The van der Waals surface area contributed by atoms with Gasteiger partial charge < -0.3 is 33.5 Å². The molecule has 1 aromatic rings. The van der Waals surface area contributed by atoms with Crippen molar-refractivity contribution in [2.24, 2.45) is 11.8 Å². The molecule has 46 heavy (non-hydrogen) atoms. The smallest absolute Gasteiger partial charge is 0.178 e. The molecule has 5 rings (SSSR count). The lowest BCUT2D eigenvalue weighted by Gasteiger charge is -2.38. The Labute approximate surface area is 275 Å². The van der Waals surface area contributed by atoms with Gasteiger partial charge in [-0.15, -0.1) is 0 Å². The van der Waals surface area contributed by atoms with Crippen LogP contribution in [0.15, 0.2) is 59.5 Å². The van der Waals surface area contributed by atoms with Crippen LogP contribution in [0.25, 0.3) is 0 Å². The molecule has 4 unspecified atom stereocenters. The third kappa shape index (κ3) is 8.69. The van der Waals surface area contributed by atoms with E-state index in [1.54, 1.807) is 31.4 Å². The summed E-state index contributed by atoms with van der Waals surface area (Å²) in [5.74, 6) is -0.923. The Morgan fingerprint density at radius 1 is 0.957 bits per heavy atom. The summed E-state index contributed by atoms with van der Waals surface area (Å²) in [6.07, 6.45) is 4.48. The SMILES string of the molecule is C=C1C[C@H](CCCO)OC1CCC1C[C@@H](C)C(=C)C(C[C@@H]2O[C@H](C[C@H]3COC(C)(C)O3)[C@H](OC)C2CS(=O)(=O)c2ccccc2)O1. The molecular formula is C36H54O9S. The molecular weight excluding hydrogens is 608 g/mol. The largest absolute Gasteiger partial charge is 0.396 e. The first-order valence-electron chi connectivity index (χ1n) is 16.9. The molecule has 4 saturated heterocycles. The summed E-state index contributed by atoms with van der Waals surface area (Å²) in [5.41, 5.74) is 2.13. The number of aliphatic hydroxyl groups excluding tert-OH is 1. The predicted octanol–water partition coefficient (Wildman–Crippen LogP) is 5.41. The van der Waals surface area contributed by atoms with Gasteiger partial charge in [-0.1, -0.05) is 38.3 Å². The topological polar surface area (TPSA) is 110 Å². The molecule has 0 radical (unpaired) electrons. The Morgan fingerprint density at radius 2 is 1.70 bits per heavy atom. The predicted molar refractivity (Wildman–Crippen MR) is 175 cm³/mol. The maximum absolute atomic E-state index is 13.7. The Morgan fingerprint density at radius 3 is 2.37 bits per heavy atom. The minimum Gasteiger partial charge on any atom is -0.396 e. The highest BCUT2D eigenvalue weighted by atomic mass is 32.2. The lowest BCUT2D eigenvalue weighted by atomic mass is 9.83. The molecule has 1 aromatic carbocycles. The molecule has 0 saturated carbocycles. The summed E-state index contributed by atoms with van der Waals surface area (Å²) in [6.45, 7) is 15.3. The van der Waals surface area contributed by atoms with Crippen molar-refractivity contribution >= 4 is 9.84 Å². The van der Waals surface area contributed by atoms with Gasteiger partial charge in [0, 0.05) is 32.5 Å². The number of hydrogen-bond donors (Lipinski definition) is 1. The minimum absolute atomic E-state index is 0.00639. The zero-order chi connectivity index (χ0) is 33.1. The van der Waals surface area contributed by atoms with Gasteiger partial charge in [-0.2, -0.15) is 0 Å². The summed E-state index contributed by atoms with van der Waals surface area (Å²) in [4.78, 5) is 0.294. The van der Waals surface area contributed by atoms with Gasteiger partial charge in [-0.05, 0) is 81.6 Å². The average Bonchev–Trinajstić information content (AvgIpc) is 3.66. The maximum Gasteiger partial charge on any atom is 0.178 e. The van der Waals surface area contributed by atoms with E-state index in [1.165, 1.54) is 0 Å². The zero-order valence-corrected chi connectivity index (χ0v) is 28.8. The second-order valence-corrected chi connectivity index (χ2v) is 16.1. The van der Waals surface area contributed by atoms with Gasteiger partial charge in [0.1, 0.15) is 0 Å². The first-order chi connectivity index (χ1) is 21.9. The second kappa shape index (κ2) is 15.3. The molecule has 4 fully saturated rings. The van der Waals surface area contributed by atoms with Crippen LogP contribution in [0.1, 0.15) is 72.1 Å². The Bertz CT molecular complexity index is 1280. The van der Waals surface area contributed by atoms with Crippen LogP contribution < -0.4 is 0 Å². The van der Waals surface area contributed by atoms with E-state index < -0.39 is 33.8 Å². The first kappa shape index (κ1) is 35.7. The van der Waals surface area contributed by atoms with Crippen LogP contribution in [0, 0.1) is 11.8 Å². The minimum atomic E-state index is -3.61. The number of ether oxygens (including phenoxy) is 6. The van der Waals surface area contributed by atoms with Crippen LogP contribution >= 0.6 is 0 Å². The van der Waals surface area contributed by atoms with Gasteiger partial charge in [0.05, 0.1) is 66.1 Å². The van der Waals surface area contributed by atoms with Crippen LogP contribution in [0.5, 0.6) is 0 Å². The number of sulfone groups is 1. The Balaban J connectivity index is 1.29. The van der Waals surface area contributed by atoms with E-state index in [9.17, 15) is 13.5 Å². The summed E-state index contributed by atoms with van der Waals surface area (Å²) in [6, 6.07) is 8.58. The molecule has 4 aliphatic rings. The van der Waals surface area contributed by atoms with E-state index in [4.69, 9.17) is 28.4 Å². The van der Waals surface area contributed by atoms with Gasteiger partial charge in [-0.25, -0.2) is 8.42 Å². The number of rotatable bonds is 14. The van der Waals surface area contributed by atoms with Crippen LogP contribution in [0.3, 0.4) is 0 Å². The highest BCUT2D eigenvalue weighted by Gasteiger charge is 2.50. The first-order valence-corrected chi connectivity index (χ1v) is 18.6. The molecule has 4 aliphatic heterocycles. The Hall–Kier alpha value is -1.63. The molecule has 258 valence electrons. The molecule has 4 heterocycles. The molecule has 0 spiro atoms. The fraction of sp³-hybridized carbons (Fsp3) is 0.722. The fourth-order valence-corrected chi connectivity index (χ4v) is 9.37. The normalized spacial score (nSPS) is 36.5. The van der Waals surface area contributed by atoms with E-state index in [-0.39, 0.29) is 54.9 Å². The van der Waals surface area contributed by atoms with Gasteiger partial charge >= 0.3 is 0 Å². The molecule has 0 amide bonds. The molecule has 0 aliphatic carbocycles. The van der Waals surface area contributed by atoms with E-state index >= 15 is 0 Å². The number of methoxy groups -OCH3 is 1. The van der Waals surface area contributed by atoms with E-state index in [0.717, 1.165) is 49.7 Å². The Kier molecular flexibility index (Phi) is 11.9. The van der Waals surface area contributed by atoms with Gasteiger partial charge in [-0.3, -0.25) is 0 Å². The van der Waals surface area contributed by atoms with Crippen molar-refractivity contribution in [3.05, 3.63) is 54.6 Å². The average molecular weight is 663 g/mol. The van der Waals surface area contributed by atoms with Crippen molar-refractivity contribution in [1.82, 2.24) is 0 Å². The van der Waals surface area contributed by atoms with Crippen molar-refractivity contribution in [2.75, 3.05) is 26.1 Å². The molecule has 0 aromatic heterocycles. The zero-order valence-electron chi connectivity index (χ0n) is 28.0. The summed E-state index contributed by atoms with van der Waals surface area (Å²) in [5, 5.41) is 9.20. The molecule has 1 N–H and O–H groups in total. The van der Waals surface area contributed by atoms with Crippen LogP contribution in [0.2, 0.25) is 0 Å². The van der Waals surface area contributed by atoms with Crippen LogP contribution in [0.4, 0.5) is 0 Å². The van der Waals surface area contributed by atoms with Gasteiger partial charge in [0.2, 0.25) is 0 Å². The van der Waals surface area contributed by atoms with Gasteiger partial charge in [0.25, 0.3) is 0 Å². The highest BCUT2D eigenvalue weighted by molar-refractivity contribution is 7.91. The van der Waals surface area contributed by atoms with Crippen molar-refractivity contribution in [3.8, 4) is 0 Å². The van der Waals surface area contributed by atoms with E-state index in [1.807, 2.05) is 19.9 Å². The third-order valence-electron chi connectivity index (χ3n) is 10.2. The van der Waals surface area contributed by atoms with Crippen molar-refractivity contribution in [3.63, 3.8) is 0 Å². The molecule has 0 bridgehead atoms. The van der Waals surface area contributed by atoms with Gasteiger partial charge in [0.15, 0.2) is 15.6 Å². The lowest BCUT2D eigenvalue weighted by Crippen LogP contribution is -2.40. The van der Waals surface area contributed by atoms with Crippen molar-refractivity contribution in [2.45, 2.75) is 132 Å². The van der Waals surface area contributed by atoms with Crippen LogP contribution in [-0.2, 0) is 38.3 Å². The summed E-state index contributed by atoms with van der Waals surface area (Å²) < 4.78 is 65.0. The number of hydrogen-bond acceptors (Lipinski definition) is 9. The molecule has 10 heteroatoms. The van der Waals surface area contributed by atoms with E-state index in [0.29, 0.717) is 24.3 Å². The summed E-state index contributed by atoms with van der Waals surface area (Å²) in [7, 11) is -1.99. The number of benzene rings is 1. The number of aliphatic hydroxyl groups is 1. The molecule has 10 atom stereocenters. The highest BCUT2D eigenvalue weighted by Crippen LogP contribution is 2.42. The summed E-state index contributed by atoms with van der Waals surface area (Å²) >= 11 is 0. The lowest BCUT2D eigenvalue weighted by molar-refractivity contribution is -0.144. The van der Waals surface area contributed by atoms with Crippen molar-refractivity contribution in [1.29, 1.82) is 0 Å².